The summed E-state index contributed by atoms with van der Waals surface area (Å²) in [5, 5.41) is 3.42. The number of carbonyl (C=O) groups excluding carboxylic acids is 3. The second-order valence-electron chi connectivity index (χ2n) is 8.53. The molecule has 2 amide bonds. The molecule has 1 N–H and O–H groups in total. The van der Waals surface area contributed by atoms with Crippen LogP contribution in [0.4, 0.5) is 5.00 Å². The van der Waals surface area contributed by atoms with Gasteiger partial charge in [-0.25, -0.2) is 4.79 Å². The van der Waals surface area contributed by atoms with Gasteiger partial charge in [0.1, 0.15) is 10.8 Å². The molecule has 0 unspecified atom stereocenters. The topological polar surface area (TPSA) is 99.0 Å². The molecule has 2 heterocycles. The van der Waals surface area contributed by atoms with Crippen LogP contribution in [0.15, 0.2) is 35.8 Å². The first kappa shape index (κ1) is 28.1. The van der Waals surface area contributed by atoms with Gasteiger partial charge in [-0.05, 0) is 63.3 Å². The number of amides is 2. The van der Waals surface area contributed by atoms with E-state index in [4.69, 9.17) is 9.47 Å². The maximum atomic E-state index is 12.7. The average Bonchev–Trinajstić information content (AvgIpc) is 3.41. The van der Waals surface area contributed by atoms with Crippen molar-refractivity contribution in [3.05, 3.63) is 51.7 Å². The van der Waals surface area contributed by atoms with Gasteiger partial charge in [0.15, 0.2) is 4.80 Å². The summed E-state index contributed by atoms with van der Waals surface area (Å²) in [7, 11) is 0. The van der Waals surface area contributed by atoms with Crippen molar-refractivity contribution in [3.63, 3.8) is 0 Å². The fraction of sp³-hybridized carbons (Fsp3) is 0.407. The first-order valence-electron chi connectivity index (χ1n) is 12.6. The van der Waals surface area contributed by atoms with Crippen molar-refractivity contribution in [3.8, 4) is 5.75 Å². The molecule has 8 nitrogen and oxygen atoms in total. The lowest BCUT2D eigenvalue weighted by molar-refractivity contribution is -0.115. The second-order valence-corrected chi connectivity index (χ2v) is 11.6. The summed E-state index contributed by atoms with van der Waals surface area (Å²) in [6.07, 6.45) is 5.58. The quantitative estimate of drug-likeness (QED) is 0.250. The van der Waals surface area contributed by atoms with E-state index in [1.54, 1.807) is 13.0 Å². The summed E-state index contributed by atoms with van der Waals surface area (Å²) < 4.78 is 13.7. The number of hydrogen-bond acceptors (Lipinski definition) is 8. The Kier molecular flexibility index (Phi) is 9.81. The van der Waals surface area contributed by atoms with E-state index in [-0.39, 0.29) is 29.9 Å². The molecule has 202 valence electrons. The number of rotatable bonds is 11. The molecule has 4 rings (SSSR count). The fourth-order valence-electron chi connectivity index (χ4n) is 4.31. The number of aromatic nitrogens is 1. The molecule has 1 aliphatic carbocycles. The van der Waals surface area contributed by atoms with Crippen LogP contribution >= 0.6 is 34.4 Å². The number of benzene rings is 1. The number of nitrogens with zero attached hydrogens (tertiary/aromatic N) is 2. The standard InChI is InChI=1S/C27H31N3O5S3/c1-4-13-30-19-12-11-17(34-5-2)14-21(19)38-27(30)29-23(32)16-36-15-22(31)28-25-24(26(33)35-6-3)18-9-7-8-10-20(18)37-25/h4,11-12,14H,1,5-10,13,15-16H2,2-3H3,(H,28,31). The number of hydrogen-bond donors (Lipinski definition) is 1. The Morgan fingerprint density at radius 2 is 1.97 bits per heavy atom. The Morgan fingerprint density at radius 1 is 1.16 bits per heavy atom. The van der Waals surface area contributed by atoms with Gasteiger partial charge in [0, 0.05) is 11.4 Å². The van der Waals surface area contributed by atoms with Crippen LogP contribution in [0.3, 0.4) is 0 Å². The number of aryl methyl sites for hydroxylation is 1. The van der Waals surface area contributed by atoms with Crippen molar-refractivity contribution in [2.75, 3.05) is 30.0 Å². The summed E-state index contributed by atoms with van der Waals surface area (Å²) >= 11 is 4.05. The molecular formula is C27H31N3O5S3. The van der Waals surface area contributed by atoms with Gasteiger partial charge in [0.2, 0.25) is 5.91 Å². The van der Waals surface area contributed by atoms with Crippen LogP contribution in [0.25, 0.3) is 10.2 Å². The number of esters is 1. The third-order valence-corrected chi connectivity index (χ3v) is 9.03. The molecule has 11 heteroatoms. The lowest BCUT2D eigenvalue weighted by Gasteiger charge is -2.12. The van der Waals surface area contributed by atoms with E-state index in [1.807, 2.05) is 29.7 Å². The number of fused-ring (bicyclic) bond motifs is 2. The van der Waals surface area contributed by atoms with Gasteiger partial charge in [-0.3, -0.25) is 9.59 Å². The normalized spacial score (nSPS) is 13.3. The van der Waals surface area contributed by atoms with E-state index in [1.165, 1.54) is 34.4 Å². The second kappa shape index (κ2) is 13.3. The summed E-state index contributed by atoms with van der Waals surface area (Å²) in [6.45, 7) is 8.88. The molecule has 0 saturated carbocycles. The number of allylic oxidation sites excluding steroid dienone is 1. The van der Waals surface area contributed by atoms with Crippen LogP contribution < -0.4 is 14.9 Å². The summed E-state index contributed by atoms with van der Waals surface area (Å²) in [4.78, 5) is 44.0. The molecule has 0 fully saturated rings. The van der Waals surface area contributed by atoms with Crippen molar-refractivity contribution in [2.45, 2.75) is 46.1 Å². The molecule has 1 aliphatic rings. The molecule has 0 radical (unpaired) electrons. The number of ether oxygens (including phenoxy) is 2. The van der Waals surface area contributed by atoms with Gasteiger partial charge in [0.25, 0.3) is 5.91 Å². The molecule has 0 saturated heterocycles. The van der Waals surface area contributed by atoms with Crippen LogP contribution in [0.1, 0.15) is 47.5 Å². The predicted molar refractivity (Wildman–Crippen MR) is 155 cm³/mol. The zero-order chi connectivity index (χ0) is 27.1. The Balaban J connectivity index is 1.41. The zero-order valence-electron chi connectivity index (χ0n) is 21.5. The van der Waals surface area contributed by atoms with Crippen molar-refractivity contribution in [1.82, 2.24) is 4.57 Å². The third-order valence-electron chi connectivity index (χ3n) is 5.86. The number of thiophene rings is 1. The molecular weight excluding hydrogens is 543 g/mol. The molecule has 3 aromatic rings. The number of nitrogens with one attached hydrogen (secondary N) is 1. The number of thiazole rings is 1. The molecule has 0 atom stereocenters. The average molecular weight is 574 g/mol. The lowest BCUT2D eigenvalue weighted by atomic mass is 9.95. The van der Waals surface area contributed by atoms with Crippen LogP contribution in [0, 0.1) is 0 Å². The molecule has 0 aliphatic heterocycles. The lowest BCUT2D eigenvalue weighted by Crippen LogP contribution is -2.19. The van der Waals surface area contributed by atoms with E-state index >= 15 is 0 Å². The largest absolute Gasteiger partial charge is 0.494 e. The predicted octanol–water partition coefficient (Wildman–Crippen LogP) is 5.20. The smallest absolute Gasteiger partial charge is 0.341 e. The molecule has 38 heavy (non-hydrogen) atoms. The zero-order valence-corrected chi connectivity index (χ0v) is 24.0. The van der Waals surface area contributed by atoms with Crippen LogP contribution in [-0.2, 0) is 33.7 Å². The summed E-state index contributed by atoms with van der Waals surface area (Å²) in [6, 6.07) is 5.80. The minimum Gasteiger partial charge on any atom is -0.494 e. The Hall–Kier alpha value is -2.89. The van der Waals surface area contributed by atoms with Crippen molar-refractivity contribution in [1.29, 1.82) is 0 Å². The van der Waals surface area contributed by atoms with E-state index in [0.717, 1.165) is 52.1 Å². The van der Waals surface area contributed by atoms with Gasteiger partial charge >= 0.3 is 5.97 Å². The molecule has 0 bridgehead atoms. The minimum atomic E-state index is -0.395. The van der Waals surface area contributed by atoms with E-state index in [9.17, 15) is 14.4 Å². The van der Waals surface area contributed by atoms with Gasteiger partial charge in [-0.2, -0.15) is 4.99 Å². The SMILES string of the molecule is C=CCn1c(=NC(=O)CSCC(=O)Nc2sc3c(c2C(=O)OCC)CCCC3)sc2cc(OCC)ccc21. The first-order chi connectivity index (χ1) is 18.4. The number of anilines is 1. The fourth-order valence-corrected chi connectivity index (χ4v) is 7.28. The van der Waals surface area contributed by atoms with E-state index in [0.29, 0.717) is 28.5 Å². The van der Waals surface area contributed by atoms with Crippen molar-refractivity contribution >= 4 is 67.4 Å². The Morgan fingerprint density at radius 3 is 2.74 bits per heavy atom. The third kappa shape index (κ3) is 6.57. The van der Waals surface area contributed by atoms with Crippen LogP contribution in [0.5, 0.6) is 5.75 Å². The van der Waals surface area contributed by atoms with Gasteiger partial charge in [-0.15, -0.1) is 29.7 Å². The van der Waals surface area contributed by atoms with Gasteiger partial charge in [0.05, 0.1) is 40.5 Å². The maximum absolute atomic E-state index is 12.7. The number of carbonyl (C=O) groups is 3. The molecule has 1 aromatic carbocycles. The molecule has 0 spiro atoms. The van der Waals surface area contributed by atoms with Gasteiger partial charge < -0.3 is 19.4 Å². The van der Waals surface area contributed by atoms with Crippen LogP contribution in [-0.4, -0.2) is 47.1 Å². The van der Waals surface area contributed by atoms with Crippen LogP contribution in [0.2, 0.25) is 0 Å². The van der Waals surface area contributed by atoms with Crippen molar-refractivity contribution < 1.29 is 23.9 Å². The first-order valence-corrected chi connectivity index (χ1v) is 15.4. The van der Waals surface area contributed by atoms with Crippen molar-refractivity contribution in [2.24, 2.45) is 4.99 Å². The highest BCUT2D eigenvalue weighted by Gasteiger charge is 2.27. The maximum Gasteiger partial charge on any atom is 0.341 e. The summed E-state index contributed by atoms with van der Waals surface area (Å²) in [5.41, 5.74) is 2.44. The number of thioether (sulfide) groups is 1. The van der Waals surface area contributed by atoms with Gasteiger partial charge in [-0.1, -0.05) is 17.4 Å². The van der Waals surface area contributed by atoms with E-state index < -0.39 is 5.97 Å². The van der Waals surface area contributed by atoms with E-state index in [2.05, 4.69) is 16.9 Å². The Bertz CT molecular complexity index is 1420. The monoisotopic (exact) mass is 573 g/mol. The highest BCUT2D eigenvalue weighted by atomic mass is 32.2. The Labute approximate surface area is 233 Å². The highest BCUT2D eigenvalue weighted by molar-refractivity contribution is 8.00. The highest BCUT2D eigenvalue weighted by Crippen LogP contribution is 2.38. The minimum absolute atomic E-state index is 0.0611. The molecule has 2 aromatic heterocycles. The summed E-state index contributed by atoms with van der Waals surface area (Å²) in [5.74, 6) is -0.0818.